The summed E-state index contributed by atoms with van der Waals surface area (Å²) in [6.45, 7) is 0.493. The Morgan fingerprint density at radius 3 is 2.71 bits per heavy atom. The monoisotopic (exact) mass is 334 g/mol. The molecule has 1 aromatic heterocycles. The van der Waals surface area contributed by atoms with Crippen molar-refractivity contribution in [3.8, 4) is 11.1 Å². The molecule has 126 valence electrons. The van der Waals surface area contributed by atoms with E-state index in [0.29, 0.717) is 12.1 Å². The third-order valence-corrected chi connectivity index (χ3v) is 3.65. The fraction of sp³-hybridized carbons (Fsp3) is 0.250. The maximum atomic E-state index is 14.4. The van der Waals surface area contributed by atoms with Crippen LogP contribution in [0.3, 0.4) is 0 Å². The summed E-state index contributed by atoms with van der Waals surface area (Å²) in [6.07, 6.45) is 1.77. The molecule has 1 amide bonds. The minimum atomic E-state index is -0.773. The van der Waals surface area contributed by atoms with Gasteiger partial charge >= 0.3 is 6.09 Å². The topological polar surface area (TPSA) is 71.7 Å². The van der Waals surface area contributed by atoms with Gasteiger partial charge in [0.25, 0.3) is 0 Å². The zero-order valence-corrected chi connectivity index (χ0v) is 12.9. The number of cyclic esters (lactones) is 1. The van der Waals surface area contributed by atoms with Crippen LogP contribution in [0.2, 0.25) is 0 Å². The van der Waals surface area contributed by atoms with Gasteiger partial charge in [-0.3, -0.25) is 15.7 Å². The Labute approximate surface area is 137 Å². The third-order valence-electron chi connectivity index (χ3n) is 3.65. The number of nitrogens with two attached hydrogens (primary N) is 1. The van der Waals surface area contributed by atoms with Gasteiger partial charge in [0, 0.05) is 25.0 Å². The van der Waals surface area contributed by atoms with Gasteiger partial charge in [-0.2, -0.15) is 0 Å². The van der Waals surface area contributed by atoms with E-state index in [2.05, 4.69) is 4.98 Å². The first-order chi connectivity index (χ1) is 11.5. The molecule has 8 heteroatoms. The highest BCUT2D eigenvalue weighted by molar-refractivity contribution is 5.90. The van der Waals surface area contributed by atoms with Crippen molar-refractivity contribution in [3.63, 3.8) is 0 Å². The predicted octanol–water partition coefficient (Wildman–Crippen LogP) is 2.16. The molecule has 1 aliphatic heterocycles. The van der Waals surface area contributed by atoms with Crippen LogP contribution in [0.25, 0.3) is 11.1 Å². The fourth-order valence-corrected chi connectivity index (χ4v) is 2.65. The Morgan fingerprint density at radius 2 is 2.12 bits per heavy atom. The van der Waals surface area contributed by atoms with Crippen LogP contribution in [0, 0.1) is 11.6 Å². The SMILES string of the molecule is CN(N)CC1CN(c2cc(F)c(-c3cccnc3)c(F)c2)C(=O)O1. The molecule has 1 saturated heterocycles. The van der Waals surface area contributed by atoms with Crippen molar-refractivity contribution in [2.75, 3.05) is 25.0 Å². The van der Waals surface area contributed by atoms with Crippen molar-refractivity contribution < 1.29 is 18.3 Å². The van der Waals surface area contributed by atoms with Crippen LogP contribution >= 0.6 is 0 Å². The zero-order chi connectivity index (χ0) is 17.3. The van der Waals surface area contributed by atoms with Gasteiger partial charge in [0.1, 0.15) is 17.7 Å². The number of carbonyl (C=O) groups excluding carboxylic acids is 1. The zero-order valence-electron chi connectivity index (χ0n) is 12.9. The van der Waals surface area contributed by atoms with Crippen LogP contribution in [0.15, 0.2) is 36.7 Å². The molecule has 2 heterocycles. The minimum Gasteiger partial charge on any atom is -0.443 e. The quantitative estimate of drug-likeness (QED) is 0.685. The van der Waals surface area contributed by atoms with Crippen molar-refractivity contribution >= 4 is 11.8 Å². The second kappa shape index (κ2) is 6.50. The molecule has 0 saturated carbocycles. The number of amides is 1. The predicted molar refractivity (Wildman–Crippen MR) is 84.0 cm³/mol. The molecule has 0 aliphatic carbocycles. The van der Waals surface area contributed by atoms with Crippen molar-refractivity contribution in [2.24, 2.45) is 5.84 Å². The van der Waals surface area contributed by atoms with Gasteiger partial charge in [-0.15, -0.1) is 0 Å². The van der Waals surface area contributed by atoms with E-state index in [4.69, 9.17) is 10.6 Å². The van der Waals surface area contributed by atoms with E-state index in [1.54, 1.807) is 19.2 Å². The van der Waals surface area contributed by atoms with Crippen LogP contribution < -0.4 is 10.7 Å². The number of hydrazine groups is 1. The number of hydrogen-bond donors (Lipinski definition) is 1. The maximum Gasteiger partial charge on any atom is 0.414 e. The van der Waals surface area contributed by atoms with E-state index in [0.717, 1.165) is 12.1 Å². The van der Waals surface area contributed by atoms with Gasteiger partial charge in [0.2, 0.25) is 0 Å². The van der Waals surface area contributed by atoms with Gasteiger partial charge in [-0.1, -0.05) is 6.07 Å². The van der Waals surface area contributed by atoms with Crippen LogP contribution in [-0.4, -0.2) is 42.3 Å². The number of nitrogens with zero attached hydrogens (tertiary/aromatic N) is 3. The molecule has 1 aromatic carbocycles. The molecular weight excluding hydrogens is 318 g/mol. The van der Waals surface area contributed by atoms with Crippen molar-refractivity contribution in [1.82, 2.24) is 9.99 Å². The molecule has 6 nitrogen and oxygen atoms in total. The number of hydrogen-bond acceptors (Lipinski definition) is 5. The Balaban J connectivity index is 1.90. The molecule has 0 radical (unpaired) electrons. The summed E-state index contributed by atoms with van der Waals surface area (Å²) in [5.41, 5.74) is 0.244. The smallest absolute Gasteiger partial charge is 0.414 e. The summed E-state index contributed by atoms with van der Waals surface area (Å²) < 4.78 is 34.0. The van der Waals surface area contributed by atoms with E-state index < -0.39 is 23.8 Å². The van der Waals surface area contributed by atoms with Gasteiger partial charge in [-0.25, -0.2) is 18.6 Å². The van der Waals surface area contributed by atoms with Crippen LogP contribution in [-0.2, 0) is 4.74 Å². The summed E-state index contributed by atoms with van der Waals surface area (Å²) in [7, 11) is 1.64. The molecule has 1 atom stereocenters. The molecule has 0 bridgehead atoms. The Hall–Kier alpha value is -2.58. The highest BCUT2D eigenvalue weighted by Crippen LogP contribution is 2.31. The van der Waals surface area contributed by atoms with Gasteiger partial charge < -0.3 is 4.74 Å². The van der Waals surface area contributed by atoms with E-state index in [1.165, 1.54) is 22.3 Å². The Kier molecular flexibility index (Phi) is 4.41. The number of ether oxygens (including phenoxy) is 1. The Bertz CT molecular complexity index is 732. The highest BCUT2D eigenvalue weighted by Gasteiger charge is 2.33. The molecule has 24 heavy (non-hydrogen) atoms. The number of likely N-dealkylation sites (N-methyl/N-ethyl adjacent to an activating group) is 1. The van der Waals surface area contributed by atoms with Crippen molar-refractivity contribution in [1.29, 1.82) is 0 Å². The average Bonchev–Trinajstić information content (AvgIpc) is 2.87. The van der Waals surface area contributed by atoms with E-state index >= 15 is 0 Å². The first-order valence-electron chi connectivity index (χ1n) is 7.29. The standard InChI is InChI=1S/C16H16F2N4O2/c1-21(19)8-12-9-22(16(23)24-12)11-5-13(17)15(14(18)6-11)10-3-2-4-20-7-10/h2-7,12H,8-9,19H2,1H3. The number of pyridine rings is 1. The largest absolute Gasteiger partial charge is 0.443 e. The average molecular weight is 334 g/mol. The van der Waals surface area contributed by atoms with E-state index in [-0.39, 0.29) is 17.8 Å². The number of carbonyl (C=O) groups is 1. The van der Waals surface area contributed by atoms with Gasteiger partial charge in [0.15, 0.2) is 0 Å². The van der Waals surface area contributed by atoms with Gasteiger partial charge in [-0.05, 0) is 18.2 Å². The molecule has 0 spiro atoms. The number of benzene rings is 1. The second-order valence-corrected chi connectivity index (χ2v) is 5.58. The molecule has 1 fully saturated rings. The highest BCUT2D eigenvalue weighted by atomic mass is 19.1. The van der Waals surface area contributed by atoms with Gasteiger partial charge in [0.05, 0.1) is 24.3 Å². The van der Waals surface area contributed by atoms with E-state index in [1.807, 2.05) is 0 Å². The lowest BCUT2D eigenvalue weighted by atomic mass is 10.1. The number of aromatic nitrogens is 1. The first-order valence-corrected chi connectivity index (χ1v) is 7.29. The van der Waals surface area contributed by atoms with Crippen molar-refractivity contribution in [2.45, 2.75) is 6.10 Å². The summed E-state index contributed by atoms with van der Waals surface area (Å²) in [6, 6.07) is 5.38. The first kappa shape index (κ1) is 16.3. The number of anilines is 1. The molecule has 3 rings (SSSR count). The summed E-state index contributed by atoms with van der Waals surface area (Å²) in [5.74, 6) is 3.99. The molecular formula is C16H16F2N4O2. The molecule has 2 N–H and O–H groups in total. The number of rotatable bonds is 4. The van der Waals surface area contributed by atoms with Crippen LogP contribution in [0.1, 0.15) is 0 Å². The Morgan fingerprint density at radius 1 is 1.42 bits per heavy atom. The summed E-state index contributed by atoms with van der Waals surface area (Å²) >= 11 is 0. The van der Waals surface area contributed by atoms with E-state index in [9.17, 15) is 13.6 Å². The molecule has 1 aliphatic rings. The lowest BCUT2D eigenvalue weighted by molar-refractivity contribution is 0.117. The van der Waals surface area contributed by atoms with Crippen LogP contribution in [0.4, 0.5) is 19.3 Å². The fourth-order valence-electron chi connectivity index (χ4n) is 2.65. The maximum absolute atomic E-state index is 14.4. The normalized spacial score (nSPS) is 17.5. The lowest BCUT2D eigenvalue weighted by Gasteiger charge is -2.16. The minimum absolute atomic E-state index is 0.102. The van der Waals surface area contributed by atoms with Crippen molar-refractivity contribution in [3.05, 3.63) is 48.3 Å². The second-order valence-electron chi connectivity index (χ2n) is 5.58. The molecule has 1 unspecified atom stereocenters. The number of halogens is 2. The third kappa shape index (κ3) is 3.19. The summed E-state index contributed by atoms with van der Waals surface area (Å²) in [5, 5.41) is 1.38. The lowest BCUT2D eigenvalue weighted by Crippen LogP contribution is -2.36. The molecule has 2 aromatic rings. The summed E-state index contributed by atoms with van der Waals surface area (Å²) in [4.78, 5) is 17.0. The van der Waals surface area contributed by atoms with Crippen LogP contribution in [0.5, 0.6) is 0 Å².